The first kappa shape index (κ1) is 16.0. The van der Waals surface area contributed by atoms with Gasteiger partial charge in [0.2, 0.25) is 5.91 Å². The van der Waals surface area contributed by atoms with Crippen molar-refractivity contribution in [2.24, 2.45) is 0 Å². The van der Waals surface area contributed by atoms with Gasteiger partial charge >= 0.3 is 5.97 Å². The Kier molecular flexibility index (Phi) is 4.71. The highest BCUT2D eigenvalue weighted by Gasteiger charge is 2.46. The molecule has 0 N–H and O–H groups in total. The number of rotatable bonds is 4. The summed E-state index contributed by atoms with van der Waals surface area (Å²) in [5.41, 5.74) is 1.61. The maximum Gasteiger partial charge on any atom is 0.328 e. The van der Waals surface area contributed by atoms with E-state index in [-0.39, 0.29) is 11.9 Å². The molecule has 1 fully saturated rings. The van der Waals surface area contributed by atoms with E-state index < -0.39 is 11.5 Å². The fourth-order valence-corrected chi connectivity index (χ4v) is 3.14. The number of carbonyl (C=O) groups excluding carboxylic acids is 2. The van der Waals surface area contributed by atoms with Gasteiger partial charge in [0, 0.05) is 11.9 Å². The van der Waals surface area contributed by atoms with Crippen molar-refractivity contribution in [2.45, 2.75) is 37.1 Å². The summed E-state index contributed by atoms with van der Waals surface area (Å²) in [5, 5.41) is 0.795. The number of amides is 1. The molecule has 1 aliphatic heterocycles. The van der Waals surface area contributed by atoms with Gasteiger partial charge in [-0.3, -0.25) is 4.79 Å². The lowest BCUT2D eigenvalue weighted by Crippen LogP contribution is -2.44. The number of ether oxygens (including phenoxy) is 1. The van der Waals surface area contributed by atoms with Crippen LogP contribution in [0.3, 0.4) is 0 Å². The molecule has 1 saturated heterocycles. The van der Waals surface area contributed by atoms with Gasteiger partial charge in [0.1, 0.15) is 6.04 Å². The fourth-order valence-electron chi connectivity index (χ4n) is 2.77. The maximum absolute atomic E-state index is 12.8. The largest absolute Gasteiger partial charge is 0.467 e. The number of likely N-dealkylation sites (tertiary alicyclic amines) is 1. The van der Waals surface area contributed by atoms with Crippen LogP contribution in [0.25, 0.3) is 0 Å². The third-order valence-electron chi connectivity index (χ3n) is 4.34. The summed E-state index contributed by atoms with van der Waals surface area (Å²) in [6.07, 6.45) is 0.709. The highest BCUT2D eigenvalue weighted by Crippen LogP contribution is 2.36. The van der Waals surface area contributed by atoms with Crippen molar-refractivity contribution in [3.8, 4) is 0 Å². The normalized spacial score (nSPS) is 23.2. The molecule has 2 rings (SSSR count). The van der Waals surface area contributed by atoms with Gasteiger partial charge in [-0.25, -0.2) is 4.79 Å². The molecule has 21 heavy (non-hydrogen) atoms. The number of alkyl halides is 1. The molecular weight excluding hydrogens is 334 g/mol. The summed E-state index contributed by atoms with van der Waals surface area (Å²) >= 11 is 3.42. The van der Waals surface area contributed by atoms with Crippen LogP contribution < -0.4 is 0 Å². The van der Waals surface area contributed by atoms with E-state index in [9.17, 15) is 9.59 Å². The predicted octanol–water partition coefficient (Wildman–Crippen LogP) is 2.63. The Bertz CT molecular complexity index is 543. The van der Waals surface area contributed by atoms with Crippen LogP contribution >= 0.6 is 15.9 Å². The average Bonchev–Trinajstić information content (AvgIpc) is 2.82. The molecule has 1 aromatic rings. The Morgan fingerprint density at radius 1 is 1.43 bits per heavy atom. The van der Waals surface area contributed by atoms with E-state index in [0.717, 1.165) is 10.9 Å². The summed E-state index contributed by atoms with van der Waals surface area (Å²) in [4.78, 5) is 26.0. The molecule has 5 heteroatoms. The van der Waals surface area contributed by atoms with Crippen LogP contribution in [0.15, 0.2) is 24.3 Å². The third-order valence-corrected chi connectivity index (χ3v) is 4.99. The summed E-state index contributed by atoms with van der Waals surface area (Å²) in [7, 11) is 1.34. The molecule has 114 valence electrons. The Labute approximate surface area is 133 Å². The van der Waals surface area contributed by atoms with Gasteiger partial charge < -0.3 is 9.64 Å². The van der Waals surface area contributed by atoms with Gasteiger partial charge in [-0.2, -0.15) is 0 Å². The summed E-state index contributed by atoms with van der Waals surface area (Å²) in [6.45, 7) is 4.23. The quantitative estimate of drug-likeness (QED) is 0.617. The predicted molar refractivity (Wildman–Crippen MR) is 84.2 cm³/mol. The van der Waals surface area contributed by atoms with Crippen LogP contribution in [0.2, 0.25) is 0 Å². The molecule has 1 aliphatic rings. The molecule has 0 aliphatic carbocycles. The fraction of sp³-hybridized carbons (Fsp3) is 0.500. The number of halogens is 1. The van der Waals surface area contributed by atoms with E-state index in [0.29, 0.717) is 13.0 Å². The molecule has 0 bridgehead atoms. The number of esters is 1. The van der Waals surface area contributed by atoms with E-state index in [4.69, 9.17) is 4.74 Å². The van der Waals surface area contributed by atoms with Crippen molar-refractivity contribution in [1.29, 1.82) is 0 Å². The first-order chi connectivity index (χ1) is 9.93. The molecule has 0 aromatic heterocycles. The maximum atomic E-state index is 12.8. The monoisotopic (exact) mass is 353 g/mol. The first-order valence-electron chi connectivity index (χ1n) is 6.98. The Balaban J connectivity index is 2.24. The van der Waals surface area contributed by atoms with E-state index in [1.54, 1.807) is 11.8 Å². The number of methoxy groups -OCH3 is 1. The molecule has 1 unspecified atom stereocenters. The third kappa shape index (κ3) is 2.84. The highest BCUT2D eigenvalue weighted by atomic mass is 79.9. The zero-order chi connectivity index (χ0) is 15.6. The SMILES string of the molecule is COC(=O)[C@@H](C)N1CCC(C)(c2ccc(CBr)cc2)C1=O. The highest BCUT2D eigenvalue weighted by molar-refractivity contribution is 9.08. The van der Waals surface area contributed by atoms with Crippen LogP contribution in [0.5, 0.6) is 0 Å². The van der Waals surface area contributed by atoms with Gasteiger partial charge in [0.25, 0.3) is 0 Å². The molecular formula is C16H20BrNO3. The minimum atomic E-state index is -0.562. The van der Waals surface area contributed by atoms with Crippen molar-refractivity contribution in [3.63, 3.8) is 0 Å². The Morgan fingerprint density at radius 2 is 2.05 bits per heavy atom. The molecule has 0 spiro atoms. The van der Waals surface area contributed by atoms with Crippen molar-refractivity contribution in [2.75, 3.05) is 13.7 Å². The zero-order valence-electron chi connectivity index (χ0n) is 12.6. The van der Waals surface area contributed by atoms with E-state index in [2.05, 4.69) is 15.9 Å². The average molecular weight is 354 g/mol. The number of carbonyl (C=O) groups is 2. The molecule has 1 heterocycles. The van der Waals surface area contributed by atoms with Gasteiger partial charge in [0.15, 0.2) is 0 Å². The van der Waals surface area contributed by atoms with Crippen molar-refractivity contribution >= 4 is 27.8 Å². The molecule has 0 saturated carbocycles. The first-order valence-corrected chi connectivity index (χ1v) is 8.10. The summed E-state index contributed by atoms with van der Waals surface area (Å²) in [6, 6.07) is 7.51. The molecule has 2 atom stereocenters. The second-order valence-corrected chi connectivity index (χ2v) is 6.17. The van der Waals surface area contributed by atoms with E-state index in [1.807, 2.05) is 31.2 Å². The summed E-state index contributed by atoms with van der Waals surface area (Å²) in [5.74, 6) is -0.380. The van der Waals surface area contributed by atoms with Crippen LogP contribution in [0.1, 0.15) is 31.4 Å². The van der Waals surface area contributed by atoms with Gasteiger partial charge in [-0.15, -0.1) is 0 Å². The van der Waals surface area contributed by atoms with Crippen LogP contribution in [-0.4, -0.2) is 36.5 Å². The second kappa shape index (κ2) is 6.18. The van der Waals surface area contributed by atoms with Crippen LogP contribution in [0.4, 0.5) is 0 Å². The van der Waals surface area contributed by atoms with Crippen molar-refractivity contribution in [1.82, 2.24) is 4.90 Å². The van der Waals surface area contributed by atoms with Gasteiger partial charge in [-0.05, 0) is 31.4 Å². The Morgan fingerprint density at radius 3 is 2.57 bits per heavy atom. The van der Waals surface area contributed by atoms with Crippen molar-refractivity contribution < 1.29 is 14.3 Å². The summed E-state index contributed by atoms with van der Waals surface area (Å²) < 4.78 is 4.74. The zero-order valence-corrected chi connectivity index (χ0v) is 14.1. The lowest BCUT2D eigenvalue weighted by molar-refractivity contribution is -0.151. The minimum absolute atomic E-state index is 0.00741. The lowest BCUT2D eigenvalue weighted by Gasteiger charge is -2.26. The van der Waals surface area contributed by atoms with Crippen LogP contribution in [0, 0.1) is 0 Å². The molecule has 4 nitrogen and oxygen atoms in total. The number of benzene rings is 1. The number of hydrogen-bond acceptors (Lipinski definition) is 3. The van der Waals surface area contributed by atoms with Gasteiger partial charge in [-0.1, -0.05) is 40.2 Å². The topological polar surface area (TPSA) is 46.6 Å². The molecule has 1 amide bonds. The minimum Gasteiger partial charge on any atom is -0.467 e. The number of hydrogen-bond donors (Lipinski definition) is 0. The van der Waals surface area contributed by atoms with Crippen LogP contribution in [-0.2, 0) is 25.1 Å². The Hall–Kier alpha value is -1.36. The lowest BCUT2D eigenvalue weighted by atomic mass is 9.81. The number of nitrogens with zero attached hydrogens (tertiary/aromatic N) is 1. The second-order valence-electron chi connectivity index (χ2n) is 5.61. The molecule has 1 aromatic carbocycles. The standard InChI is InChI=1S/C16H20BrNO3/c1-11(14(19)21-3)18-9-8-16(2,15(18)20)13-6-4-12(10-17)5-7-13/h4-7,11H,8-10H2,1-3H3/t11-,16?/m1/s1. The van der Waals surface area contributed by atoms with E-state index in [1.165, 1.54) is 12.7 Å². The van der Waals surface area contributed by atoms with Crippen molar-refractivity contribution in [3.05, 3.63) is 35.4 Å². The van der Waals surface area contributed by atoms with Gasteiger partial charge in [0.05, 0.1) is 12.5 Å². The molecule has 0 radical (unpaired) electrons. The smallest absolute Gasteiger partial charge is 0.328 e. The van der Waals surface area contributed by atoms with E-state index >= 15 is 0 Å².